The molecule has 20 heavy (non-hydrogen) atoms. The quantitative estimate of drug-likeness (QED) is 0.661. The van der Waals surface area contributed by atoms with E-state index in [0.717, 1.165) is 16.0 Å². The number of hydrogen-bond acceptors (Lipinski definition) is 4. The van der Waals surface area contributed by atoms with Crippen molar-refractivity contribution in [3.05, 3.63) is 29.3 Å². The first-order valence-corrected chi connectivity index (χ1v) is 7.25. The molecule has 1 amide bonds. The summed E-state index contributed by atoms with van der Waals surface area (Å²) in [5, 5.41) is 20.0. The number of hydrogen-bond donors (Lipinski definition) is 3. The zero-order valence-electron chi connectivity index (χ0n) is 11.5. The Morgan fingerprint density at radius 3 is 2.65 bits per heavy atom. The molecule has 0 radical (unpaired) electrons. The van der Waals surface area contributed by atoms with Crippen LogP contribution in [-0.2, 0) is 9.59 Å². The average Bonchev–Trinajstić information content (AvgIpc) is 2.39. The second-order valence-corrected chi connectivity index (χ2v) is 5.55. The van der Waals surface area contributed by atoms with Crippen LogP contribution in [0.5, 0.6) is 0 Å². The number of aliphatic hydroxyl groups excluding tert-OH is 1. The van der Waals surface area contributed by atoms with Gasteiger partial charge >= 0.3 is 5.97 Å². The molecule has 6 heteroatoms. The zero-order valence-corrected chi connectivity index (χ0v) is 12.4. The second kappa shape index (κ2) is 7.91. The molecule has 1 rings (SSSR count). The third-order valence-electron chi connectivity index (χ3n) is 2.75. The van der Waals surface area contributed by atoms with Crippen LogP contribution in [0.2, 0.25) is 0 Å². The first-order valence-electron chi connectivity index (χ1n) is 6.27. The highest BCUT2D eigenvalue weighted by Gasteiger charge is 2.19. The summed E-state index contributed by atoms with van der Waals surface area (Å²) >= 11 is 1.37. The molecule has 0 spiro atoms. The van der Waals surface area contributed by atoms with Crippen LogP contribution in [0.15, 0.2) is 23.1 Å². The van der Waals surface area contributed by atoms with E-state index in [9.17, 15) is 9.59 Å². The van der Waals surface area contributed by atoms with Crippen LogP contribution in [0, 0.1) is 13.8 Å². The monoisotopic (exact) mass is 297 g/mol. The Balaban J connectivity index is 2.54. The Labute approximate surface area is 122 Å². The van der Waals surface area contributed by atoms with Gasteiger partial charge in [0.25, 0.3) is 0 Å². The van der Waals surface area contributed by atoms with Crippen LogP contribution >= 0.6 is 11.8 Å². The molecule has 3 N–H and O–H groups in total. The van der Waals surface area contributed by atoms with Gasteiger partial charge in [-0.2, -0.15) is 0 Å². The molecule has 0 aromatic heterocycles. The summed E-state index contributed by atoms with van der Waals surface area (Å²) in [5.74, 6) is -1.33. The summed E-state index contributed by atoms with van der Waals surface area (Å²) < 4.78 is 0. The van der Waals surface area contributed by atoms with Crippen molar-refractivity contribution in [1.29, 1.82) is 0 Å². The van der Waals surface area contributed by atoms with Crippen molar-refractivity contribution in [2.24, 2.45) is 0 Å². The molecule has 1 aromatic carbocycles. The minimum Gasteiger partial charge on any atom is -0.480 e. The number of aliphatic carboxylic acids is 1. The maximum Gasteiger partial charge on any atom is 0.326 e. The van der Waals surface area contributed by atoms with Gasteiger partial charge in [0.1, 0.15) is 6.04 Å². The number of rotatable bonds is 7. The van der Waals surface area contributed by atoms with Crippen LogP contribution in [0.3, 0.4) is 0 Å². The molecule has 0 aliphatic heterocycles. The predicted molar refractivity (Wildman–Crippen MR) is 77.9 cm³/mol. The maximum absolute atomic E-state index is 11.7. The van der Waals surface area contributed by atoms with Crippen molar-refractivity contribution in [2.75, 3.05) is 12.4 Å². The molecule has 0 saturated carbocycles. The van der Waals surface area contributed by atoms with Crippen molar-refractivity contribution >= 4 is 23.6 Å². The highest BCUT2D eigenvalue weighted by Crippen LogP contribution is 2.23. The van der Waals surface area contributed by atoms with E-state index in [1.165, 1.54) is 11.8 Å². The van der Waals surface area contributed by atoms with Crippen molar-refractivity contribution in [2.45, 2.75) is 31.2 Å². The number of carboxylic acid groups (broad SMARTS) is 1. The normalized spacial score (nSPS) is 11.9. The van der Waals surface area contributed by atoms with Crippen molar-refractivity contribution in [1.82, 2.24) is 5.32 Å². The Hall–Kier alpha value is -1.53. The van der Waals surface area contributed by atoms with Gasteiger partial charge in [-0.25, -0.2) is 4.79 Å². The molecule has 0 bridgehead atoms. The Morgan fingerprint density at radius 1 is 1.35 bits per heavy atom. The van der Waals surface area contributed by atoms with Gasteiger partial charge in [0.15, 0.2) is 0 Å². The Morgan fingerprint density at radius 2 is 2.05 bits per heavy atom. The summed E-state index contributed by atoms with van der Waals surface area (Å²) in [6, 6.07) is 4.95. The van der Waals surface area contributed by atoms with Gasteiger partial charge in [0.05, 0.1) is 5.75 Å². The molecule has 0 saturated heterocycles. The van der Waals surface area contributed by atoms with E-state index in [1.807, 2.05) is 32.0 Å². The standard InChI is InChI=1S/C14H19NO4S/c1-9-3-4-10(2)12(7-9)20-8-13(17)15-11(5-6-16)14(18)19/h3-4,7,11,16H,5-6,8H2,1-2H3,(H,15,17)(H,18,19)/t11-/m0/s1. The lowest BCUT2D eigenvalue weighted by atomic mass is 10.2. The van der Waals surface area contributed by atoms with Crippen LogP contribution < -0.4 is 5.32 Å². The van der Waals surface area contributed by atoms with E-state index >= 15 is 0 Å². The maximum atomic E-state index is 11.7. The first-order chi connectivity index (χ1) is 9.43. The molecule has 0 heterocycles. The summed E-state index contributed by atoms with van der Waals surface area (Å²) in [6.45, 7) is 3.66. The lowest BCUT2D eigenvalue weighted by Crippen LogP contribution is -2.42. The van der Waals surface area contributed by atoms with E-state index in [-0.39, 0.29) is 24.7 Å². The molecular weight excluding hydrogens is 278 g/mol. The third-order valence-corrected chi connectivity index (χ3v) is 3.91. The smallest absolute Gasteiger partial charge is 0.326 e. The van der Waals surface area contributed by atoms with Gasteiger partial charge in [-0.1, -0.05) is 17.7 Å². The Bertz CT molecular complexity index is 490. The highest BCUT2D eigenvalue weighted by molar-refractivity contribution is 8.00. The van der Waals surface area contributed by atoms with Crippen molar-refractivity contribution < 1.29 is 19.8 Å². The summed E-state index contributed by atoms with van der Waals surface area (Å²) in [6.07, 6.45) is 0.00914. The SMILES string of the molecule is Cc1ccc(C)c(SCC(=O)N[C@@H](CCO)C(=O)O)c1. The minimum absolute atomic E-state index is 0.00914. The number of aliphatic hydroxyl groups is 1. The van der Waals surface area contributed by atoms with E-state index in [4.69, 9.17) is 10.2 Å². The van der Waals surface area contributed by atoms with E-state index in [2.05, 4.69) is 5.32 Å². The summed E-state index contributed by atoms with van der Waals surface area (Å²) in [4.78, 5) is 23.6. The fraction of sp³-hybridized carbons (Fsp3) is 0.429. The average molecular weight is 297 g/mol. The summed E-state index contributed by atoms with van der Waals surface area (Å²) in [7, 11) is 0. The van der Waals surface area contributed by atoms with Gasteiger partial charge in [-0.15, -0.1) is 11.8 Å². The number of carbonyl (C=O) groups excluding carboxylic acids is 1. The van der Waals surface area contributed by atoms with Gasteiger partial charge < -0.3 is 15.5 Å². The first kappa shape index (κ1) is 16.5. The van der Waals surface area contributed by atoms with Crippen molar-refractivity contribution in [3.63, 3.8) is 0 Å². The van der Waals surface area contributed by atoms with E-state index < -0.39 is 12.0 Å². The largest absolute Gasteiger partial charge is 0.480 e. The fourth-order valence-electron chi connectivity index (χ4n) is 1.63. The number of carbonyl (C=O) groups is 2. The van der Waals surface area contributed by atoms with Crippen LogP contribution in [0.1, 0.15) is 17.5 Å². The number of amides is 1. The van der Waals surface area contributed by atoms with E-state index in [0.29, 0.717) is 0 Å². The zero-order chi connectivity index (χ0) is 15.1. The number of carboxylic acids is 1. The number of thioether (sulfide) groups is 1. The summed E-state index contributed by atoms with van der Waals surface area (Å²) in [5.41, 5.74) is 2.20. The molecular formula is C14H19NO4S. The molecule has 0 aliphatic carbocycles. The molecule has 0 fully saturated rings. The molecule has 0 aliphatic rings. The predicted octanol–water partition coefficient (Wildman–Crippen LogP) is 1.35. The topological polar surface area (TPSA) is 86.6 Å². The lowest BCUT2D eigenvalue weighted by Gasteiger charge is -2.13. The molecule has 1 atom stereocenters. The van der Waals surface area contributed by atoms with Crippen LogP contribution in [-0.4, -0.2) is 40.5 Å². The molecule has 0 unspecified atom stereocenters. The van der Waals surface area contributed by atoms with Crippen molar-refractivity contribution in [3.8, 4) is 0 Å². The van der Waals surface area contributed by atoms with Gasteiger partial charge in [-0.05, 0) is 25.5 Å². The highest BCUT2D eigenvalue weighted by atomic mass is 32.2. The molecule has 1 aromatic rings. The van der Waals surface area contributed by atoms with Crippen LogP contribution in [0.25, 0.3) is 0 Å². The second-order valence-electron chi connectivity index (χ2n) is 4.53. The van der Waals surface area contributed by atoms with Gasteiger partial charge in [0, 0.05) is 17.9 Å². The van der Waals surface area contributed by atoms with E-state index in [1.54, 1.807) is 0 Å². The molecule has 110 valence electrons. The molecule has 5 nitrogen and oxygen atoms in total. The van der Waals surface area contributed by atoms with Gasteiger partial charge in [0.2, 0.25) is 5.91 Å². The minimum atomic E-state index is -1.14. The number of nitrogens with one attached hydrogen (secondary N) is 1. The van der Waals surface area contributed by atoms with Crippen LogP contribution in [0.4, 0.5) is 0 Å². The van der Waals surface area contributed by atoms with Gasteiger partial charge in [-0.3, -0.25) is 4.79 Å². The third kappa shape index (κ3) is 5.22. The number of benzene rings is 1. The lowest BCUT2D eigenvalue weighted by molar-refractivity contribution is -0.141. The number of aryl methyl sites for hydroxylation is 2. The Kier molecular flexibility index (Phi) is 6.54. The fourth-order valence-corrected chi connectivity index (χ4v) is 2.56.